The lowest BCUT2D eigenvalue weighted by molar-refractivity contribution is -0.142. The number of carboxylic acids is 1. The molecular formula is C11H20N2O6S. The van der Waals surface area contributed by atoms with Crippen molar-refractivity contribution in [2.75, 3.05) is 39.5 Å². The number of piperidine rings is 1. The van der Waals surface area contributed by atoms with Crippen molar-refractivity contribution in [1.29, 1.82) is 0 Å². The summed E-state index contributed by atoms with van der Waals surface area (Å²) in [6, 6.07) is -0.598. The van der Waals surface area contributed by atoms with Crippen molar-refractivity contribution in [2.24, 2.45) is 5.92 Å². The zero-order valence-electron chi connectivity index (χ0n) is 11.1. The van der Waals surface area contributed by atoms with Gasteiger partial charge in [-0.25, -0.2) is 0 Å². The highest BCUT2D eigenvalue weighted by Gasteiger charge is 2.39. The summed E-state index contributed by atoms with van der Waals surface area (Å²) < 4.78 is 32.7. The number of nitrogens with zero attached hydrogens (tertiary/aromatic N) is 2. The van der Waals surface area contributed by atoms with Gasteiger partial charge in [0.05, 0.1) is 31.8 Å². The van der Waals surface area contributed by atoms with Gasteiger partial charge in [-0.2, -0.15) is 17.0 Å². The van der Waals surface area contributed by atoms with E-state index in [1.165, 1.54) is 8.61 Å². The molecule has 8 nitrogen and oxygen atoms in total. The Morgan fingerprint density at radius 2 is 2.10 bits per heavy atom. The number of rotatable bonds is 4. The van der Waals surface area contributed by atoms with Gasteiger partial charge in [0, 0.05) is 19.6 Å². The third-order valence-electron chi connectivity index (χ3n) is 3.74. The normalized spacial score (nSPS) is 30.2. The second kappa shape index (κ2) is 6.35. The first kappa shape index (κ1) is 15.6. The van der Waals surface area contributed by atoms with Crippen molar-refractivity contribution in [3.63, 3.8) is 0 Å². The van der Waals surface area contributed by atoms with Gasteiger partial charge >= 0.3 is 5.97 Å². The van der Waals surface area contributed by atoms with Gasteiger partial charge < -0.3 is 14.9 Å². The zero-order valence-corrected chi connectivity index (χ0v) is 12.0. The van der Waals surface area contributed by atoms with Crippen molar-refractivity contribution in [3.8, 4) is 0 Å². The summed E-state index contributed by atoms with van der Waals surface area (Å²) >= 11 is 0. The number of aliphatic hydroxyl groups excluding tert-OH is 1. The smallest absolute Gasteiger partial charge is 0.307 e. The van der Waals surface area contributed by atoms with E-state index in [1.54, 1.807) is 0 Å². The Morgan fingerprint density at radius 1 is 1.35 bits per heavy atom. The molecule has 2 heterocycles. The molecule has 0 bridgehead atoms. The molecule has 0 aliphatic carbocycles. The minimum atomic E-state index is -3.75. The van der Waals surface area contributed by atoms with Crippen molar-refractivity contribution in [1.82, 2.24) is 8.61 Å². The van der Waals surface area contributed by atoms with E-state index in [9.17, 15) is 18.3 Å². The van der Waals surface area contributed by atoms with E-state index in [0.29, 0.717) is 19.4 Å². The molecule has 9 heteroatoms. The van der Waals surface area contributed by atoms with Gasteiger partial charge in [-0.1, -0.05) is 0 Å². The van der Waals surface area contributed by atoms with Crippen molar-refractivity contribution in [3.05, 3.63) is 0 Å². The van der Waals surface area contributed by atoms with Crippen molar-refractivity contribution in [2.45, 2.75) is 18.9 Å². The van der Waals surface area contributed by atoms with E-state index in [4.69, 9.17) is 9.84 Å². The van der Waals surface area contributed by atoms with Crippen LogP contribution in [0.2, 0.25) is 0 Å². The fourth-order valence-electron chi connectivity index (χ4n) is 2.59. The Hall–Kier alpha value is -0.740. The lowest BCUT2D eigenvalue weighted by Crippen LogP contribution is -2.57. The third kappa shape index (κ3) is 3.12. The number of hydrogen-bond donors (Lipinski definition) is 2. The minimum Gasteiger partial charge on any atom is -0.481 e. The van der Waals surface area contributed by atoms with Crippen LogP contribution in [0.25, 0.3) is 0 Å². The molecule has 0 aromatic heterocycles. The fraction of sp³-hybridized carbons (Fsp3) is 0.909. The van der Waals surface area contributed by atoms with E-state index in [2.05, 4.69) is 0 Å². The van der Waals surface area contributed by atoms with E-state index < -0.39 is 28.1 Å². The van der Waals surface area contributed by atoms with Crippen molar-refractivity contribution < 1.29 is 28.2 Å². The van der Waals surface area contributed by atoms with Gasteiger partial charge in [-0.3, -0.25) is 4.79 Å². The van der Waals surface area contributed by atoms with Crippen molar-refractivity contribution >= 4 is 16.2 Å². The quantitative estimate of drug-likeness (QED) is 0.670. The predicted molar refractivity (Wildman–Crippen MR) is 69.3 cm³/mol. The Balaban J connectivity index is 2.14. The molecule has 2 aliphatic rings. The van der Waals surface area contributed by atoms with Crippen LogP contribution in [0.5, 0.6) is 0 Å². The first-order valence-electron chi connectivity index (χ1n) is 6.65. The first-order chi connectivity index (χ1) is 9.46. The topological polar surface area (TPSA) is 107 Å². The Bertz CT molecular complexity index is 454. The van der Waals surface area contributed by atoms with Crippen LogP contribution >= 0.6 is 0 Å². The second-order valence-corrected chi connectivity index (χ2v) is 6.95. The molecular weight excluding hydrogens is 288 g/mol. The average molecular weight is 308 g/mol. The first-order valence-corrected chi connectivity index (χ1v) is 8.05. The summed E-state index contributed by atoms with van der Waals surface area (Å²) in [7, 11) is -3.75. The van der Waals surface area contributed by atoms with Gasteiger partial charge in [0.1, 0.15) is 0 Å². The lowest BCUT2D eigenvalue weighted by Gasteiger charge is -2.39. The Labute approximate surface area is 118 Å². The second-order valence-electron chi connectivity index (χ2n) is 5.07. The molecule has 0 aromatic carbocycles. The molecule has 116 valence electrons. The number of aliphatic hydroxyl groups is 1. The molecule has 0 radical (unpaired) electrons. The van der Waals surface area contributed by atoms with Crippen LogP contribution < -0.4 is 0 Å². The molecule has 20 heavy (non-hydrogen) atoms. The number of carbonyl (C=O) groups is 1. The number of ether oxygens (including phenoxy) is 1. The van der Waals surface area contributed by atoms with Gasteiger partial charge in [-0.15, -0.1) is 0 Å². The molecule has 2 fully saturated rings. The highest BCUT2D eigenvalue weighted by molar-refractivity contribution is 7.86. The zero-order chi connectivity index (χ0) is 14.8. The largest absolute Gasteiger partial charge is 0.481 e. The number of hydrogen-bond acceptors (Lipinski definition) is 5. The number of morpholine rings is 1. The summed E-state index contributed by atoms with van der Waals surface area (Å²) in [6.07, 6.45) is 1.03. The standard InChI is InChI=1S/C11H20N2O6S/c14-7-10-8-19-5-4-13(10)20(17,18)12-3-1-2-9(6-12)11(15)16/h9-10,14H,1-8H2,(H,15,16). The fourth-order valence-corrected chi connectivity index (χ4v) is 4.42. The predicted octanol–water partition coefficient (Wildman–Crippen LogP) is -1.28. The van der Waals surface area contributed by atoms with Crippen LogP contribution in [0, 0.1) is 5.92 Å². The van der Waals surface area contributed by atoms with Crippen LogP contribution in [-0.4, -0.2) is 78.7 Å². The maximum absolute atomic E-state index is 12.6. The molecule has 2 atom stereocenters. The molecule has 0 aromatic rings. The Morgan fingerprint density at radius 3 is 2.75 bits per heavy atom. The SMILES string of the molecule is O=C(O)C1CCCN(S(=O)(=O)N2CCOCC2CO)C1. The van der Waals surface area contributed by atoms with Gasteiger partial charge in [-0.05, 0) is 12.8 Å². The van der Waals surface area contributed by atoms with Crippen LogP contribution in [0.15, 0.2) is 0 Å². The maximum Gasteiger partial charge on any atom is 0.307 e. The summed E-state index contributed by atoms with van der Waals surface area (Å²) in [4.78, 5) is 11.0. The van der Waals surface area contributed by atoms with Crippen LogP contribution in [0.4, 0.5) is 0 Å². The molecule has 2 aliphatic heterocycles. The Kier molecular flexibility index (Phi) is 4.97. The third-order valence-corrected chi connectivity index (χ3v) is 5.80. The molecule has 2 saturated heterocycles. The van der Waals surface area contributed by atoms with E-state index in [-0.39, 0.29) is 32.9 Å². The van der Waals surface area contributed by atoms with Crippen LogP contribution in [0.3, 0.4) is 0 Å². The average Bonchev–Trinajstić information content (AvgIpc) is 2.47. The number of carboxylic acid groups (broad SMARTS) is 1. The summed E-state index contributed by atoms with van der Waals surface area (Å²) in [5, 5.41) is 18.3. The summed E-state index contributed by atoms with van der Waals surface area (Å²) in [5.74, 6) is -1.63. The van der Waals surface area contributed by atoms with E-state index in [1.807, 2.05) is 0 Å². The molecule has 2 rings (SSSR count). The lowest BCUT2D eigenvalue weighted by atomic mass is 10.0. The molecule has 0 spiro atoms. The van der Waals surface area contributed by atoms with Gasteiger partial charge in [0.2, 0.25) is 0 Å². The van der Waals surface area contributed by atoms with Crippen LogP contribution in [-0.2, 0) is 19.7 Å². The number of aliphatic carboxylic acids is 1. The summed E-state index contributed by atoms with van der Waals surface area (Å²) in [5.41, 5.74) is 0. The molecule has 2 N–H and O–H groups in total. The van der Waals surface area contributed by atoms with Gasteiger partial charge in [0.15, 0.2) is 0 Å². The highest BCUT2D eigenvalue weighted by Crippen LogP contribution is 2.23. The van der Waals surface area contributed by atoms with E-state index in [0.717, 1.165) is 0 Å². The highest BCUT2D eigenvalue weighted by atomic mass is 32.2. The minimum absolute atomic E-state index is 0.00677. The van der Waals surface area contributed by atoms with E-state index >= 15 is 0 Å². The molecule has 2 unspecified atom stereocenters. The maximum atomic E-state index is 12.6. The van der Waals surface area contributed by atoms with Crippen LogP contribution in [0.1, 0.15) is 12.8 Å². The monoisotopic (exact) mass is 308 g/mol. The molecule has 0 saturated carbocycles. The molecule has 0 amide bonds. The summed E-state index contributed by atoms with van der Waals surface area (Å²) in [6.45, 7) is 0.629. The van der Waals surface area contributed by atoms with Gasteiger partial charge in [0.25, 0.3) is 10.2 Å².